The van der Waals surface area contributed by atoms with E-state index in [2.05, 4.69) is 60.7 Å². The molecule has 5 atom stereocenters. The fourth-order valence-electron chi connectivity index (χ4n) is 6.17. The number of benzene rings is 2. The monoisotopic (exact) mass is 349 g/mol. The molecule has 128 valence electrons. The minimum absolute atomic E-state index is 0.0591. The van der Waals surface area contributed by atoms with Gasteiger partial charge in [-0.05, 0) is 60.6 Å². The predicted octanol–water partition coefficient (Wildman–Crippen LogP) is 4.39. The number of hydrogen-bond acceptors (Lipinski definition) is 2. The highest BCUT2D eigenvalue weighted by Crippen LogP contribution is 2.72. The Bertz CT molecular complexity index is 807. The van der Waals surface area contributed by atoms with Crippen LogP contribution in [0.2, 0.25) is 0 Å². The first-order valence-electron chi connectivity index (χ1n) is 9.20. The van der Waals surface area contributed by atoms with E-state index in [0.717, 1.165) is 19.3 Å². The van der Waals surface area contributed by atoms with Gasteiger partial charge in [0.15, 0.2) is 0 Å². The van der Waals surface area contributed by atoms with Crippen LogP contribution in [-0.4, -0.2) is 11.2 Å². The number of carbonyl (C=O) groups excluding carboxylic acids is 1. The van der Waals surface area contributed by atoms with Crippen LogP contribution in [0.15, 0.2) is 65.6 Å². The van der Waals surface area contributed by atoms with Crippen LogP contribution in [0.1, 0.15) is 31.2 Å². The van der Waals surface area contributed by atoms with E-state index in [9.17, 15) is 4.79 Å². The van der Waals surface area contributed by atoms with Gasteiger partial charge in [-0.25, -0.2) is 0 Å². The highest BCUT2D eigenvalue weighted by Gasteiger charge is 2.70. The molecule has 0 radical (unpaired) electrons. The van der Waals surface area contributed by atoms with Crippen molar-refractivity contribution in [1.82, 2.24) is 0 Å². The number of primary amides is 1. The van der Waals surface area contributed by atoms with Crippen molar-refractivity contribution in [3.8, 4) is 0 Å². The van der Waals surface area contributed by atoms with Crippen molar-refractivity contribution in [2.45, 2.75) is 41.2 Å². The maximum Gasteiger partial charge on any atom is 0.224 e. The molecule has 4 bridgehead atoms. The minimum atomic E-state index is -0.287. The molecule has 4 fully saturated rings. The molecule has 0 spiro atoms. The maximum absolute atomic E-state index is 12.6. The van der Waals surface area contributed by atoms with E-state index < -0.39 is 0 Å². The third-order valence-corrected chi connectivity index (χ3v) is 8.54. The Morgan fingerprint density at radius 3 is 2.32 bits per heavy atom. The lowest BCUT2D eigenvalue weighted by atomic mass is 9.63. The molecule has 0 heterocycles. The molecule has 4 aliphatic carbocycles. The molecule has 6 rings (SSSR count). The summed E-state index contributed by atoms with van der Waals surface area (Å²) in [6, 6.07) is 21.5. The van der Waals surface area contributed by atoms with Gasteiger partial charge >= 0.3 is 0 Å². The number of carbonyl (C=O) groups is 1. The Hall–Kier alpha value is -1.74. The smallest absolute Gasteiger partial charge is 0.224 e. The average molecular weight is 349 g/mol. The second kappa shape index (κ2) is 5.38. The highest BCUT2D eigenvalue weighted by molar-refractivity contribution is 8.00. The Kier molecular flexibility index (Phi) is 3.34. The number of hydrogen-bond donors (Lipinski definition) is 1. The van der Waals surface area contributed by atoms with E-state index in [0.29, 0.717) is 17.1 Å². The normalized spacial score (nSPS) is 38.2. The average Bonchev–Trinajstić information content (AvgIpc) is 3.01. The quantitative estimate of drug-likeness (QED) is 0.889. The number of amides is 1. The van der Waals surface area contributed by atoms with Crippen LogP contribution in [0.25, 0.3) is 0 Å². The third kappa shape index (κ3) is 2.15. The van der Waals surface area contributed by atoms with E-state index in [1.807, 2.05) is 11.8 Å². The van der Waals surface area contributed by atoms with Crippen molar-refractivity contribution in [3.63, 3.8) is 0 Å². The first-order valence-corrected chi connectivity index (χ1v) is 10.1. The molecule has 1 amide bonds. The first kappa shape index (κ1) is 15.5. The second-order valence-electron chi connectivity index (χ2n) is 8.22. The zero-order valence-corrected chi connectivity index (χ0v) is 15.0. The standard InChI is InChI=1S/C22H23NOS/c23-20(24)22-12-15-11-21(14-22,16-7-3-1-4-8-16)13-18(22)19(15)25-17-9-5-2-6-10-17/h1-10,15,18-19H,11-14H2,(H2,23,24)/t15?,18?,19?,21?,22-/m0/s1. The van der Waals surface area contributed by atoms with Gasteiger partial charge in [0.1, 0.15) is 0 Å². The molecule has 4 unspecified atom stereocenters. The van der Waals surface area contributed by atoms with Gasteiger partial charge < -0.3 is 5.73 Å². The lowest BCUT2D eigenvalue weighted by Crippen LogP contribution is -2.41. The van der Waals surface area contributed by atoms with Gasteiger partial charge in [0.2, 0.25) is 5.91 Å². The number of rotatable bonds is 4. The minimum Gasteiger partial charge on any atom is -0.369 e. The zero-order chi connectivity index (χ0) is 17.1. The van der Waals surface area contributed by atoms with Gasteiger partial charge in [-0.2, -0.15) is 0 Å². The van der Waals surface area contributed by atoms with Crippen molar-refractivity contribution in [3.05, 3.63) is 66.2 Å². The summed E-state index contributed by atoms with van der Waals surface area (Å²) in [7, 11) is 0. The van der Waals surface area contributed by atoms with E-state index >= 15 is 0 Å². The van der Waals surface area contributed by atoms with Gasteiger partial charge in [0.05, 0.1) is 5.41 Å². The summed E-state index contributed by atoms with van der Waals surface area (Å²) in [5.41, 5.74) is 7.29. The van der Waals surface area contributed by atoms with Crippen molar-refractivity contribution >= 4 is 17.7 Å². The largest absolute Gasteiger partial charge is 0.369 e. The van der Waals surface area contributed by atoms with Gasteiger partial charge in [0, 0.05) is 10.1 Å². The Morgan fingerprint density at radius 1 is 0.960 bits per heavy atom. The molecule has 0 aromatic heterocycles. The van der Waals surface area contributed by atoms with Crippen LogP contribution < -0.4 is 5.73 Å². The summed E-state index contributed by atoms with van der Waals surface area (Å²) in [5.74, 6) is 0.941. The van der Waals surface area contributed by atoms with Crippen molar-refractivity contribution < 1.29 is 4.79 Å². The number of nitrogens with two attached hydrogens (primary N) is 1. The van der Waals surface area contributed by atoms with Crippen LogP contribution in [0.5, 0.6) is 0 Å². The van der Waals surface area contributed by atoms with Crippen molar-refractivity contribution in [1.29, 1.82) is 0 Å². The van der Waals surface area contributed by atoms with E-state index in [1.54, 1.807) is 0 Å². The summed E-state index contributed by atoms with van der Waals surface area (Å²) in [6.07, 6.45) is 4.26. The summed E-state index contributed by atoms with van der Waals surface area (Å²) < 4.78 is 0. The van der Waals surface area contributed by atoms with E-state index in [-0.39, 0.29) is 16.7 Å². The second-order valence-corrected chi connectivity index (χ2v) is 9.47. The molecule has 2 nitrogen and oxygen atoms in total. The summed E-state index contributed by atoms with van der Waals surface area (Å²) in [4.78, 5) is 13.9. The summed E-state index contributed by atoms with van der Waals surface area (Å²) >= 11 is 1.98. The van der Waals surface area contributed by atoms with E-state index in [4.69, 9.17) is 5.73 Å². The third-order valence-electron chi connectivity index (χ3n) is 7.01. The molecule has 0 aliphatic heterocycles. The first-order chi connectivity index (χ1) is 12.1. The molecule has 2 aromatic carbocycles. The van der Waals surface area contributed by atoms with Crippen LogP contribution >= 0.6 is 11.8 Å². The summed E-state index contributed by atoms with van der Waals surface area (Å²) in [5, 5.41) is 0.522. The Labute approximate surface area is 153 Å². The Balaban J connectivity index is 1.52. The fraction of sp³-hybridized carbons (Fsp3) is 0.409. The molecule has 2 N–H and O–H groups in total. The maximum atomic E-state index is 12.6. The topological polar surface area (TPSA) is 43.1 Å². The highest BCUT2D eigenvalue weighted by atomic mass is 32.2. The molecule has 3 heteroatoms. The lowest BCUT2D eigenvalue weighted by molar-refractivity contribution is -0.129. The van der Waals surface area contributed by atoms with Crippen LogP contribution in [0.3, 0.4) is 0 Å². The molecular formula is C22H23NOS. The van der Waals surface area contributed by atoms with Crippen molar-refractivity contribution in [2.24, 2.45) is 23.0 Å². The number of thioether (sulfide) groups is 1. The molecule has 4 saturated carbocycles. The predicted molar refractivity (Wildman–Crippen MR) is 101 cm³/mol. The van der Waals surface area contributed by atoms with Crippen LogP contribution in [0, 0.1) is 17.3 Å². The van der Waals surface area contributed by atoms with Gasteiger partial charge in [0.25, 0.3) is 0 Å². The molecule has 0 saturated heterocycles. The summed E-state index contributed by atoms with van der Waals surface area (Å²) in [6.45, 7) is 0. The van der Waals surface area contributed by atoms with Crippen molar-refractivity contribution in [2.75, 3.05) is 0 Å². The fourth-order valence-corrected chi connectivity index (χ4v) is 7.70. The SMILES string of the molecule is NC(=O)[C@]12CC3CC(c4ccccc4)(CC1C3Sc1ccccc1)C2. The molecule has 2 aromatic rings. The van der Waals surface area contributed by atoms with Crippen LogP contribution in [0.4, 0.5) is 0 Å². The zero-order valence-electron chi connectivity index (χ0n) is 14.2. The molecular weight excluding hydrogens is 326 g/mol. The van der Waals surface area contributed by atoms with Crippen LogP contribution in [-0.2, 0) is 10.2 Å². The lowest BCUT2D eigenvalue weighted by Gasteiger charge is -2.42. The molecule has 25 heavy (non-hydrogen) atoms. The van der Waals surface area contributed by atoms with Gasteiger partial charge in [-0.1, -0.05) is 48.5 Å². The molecule has 4 aliphatic rings. The van der Waals surface area contributed by atoms with E-state index in [1.165, 1.54) is 16.9 Å². The van der Waals surface area contributed by atoms with Gasteiger partial charge in [-0.3, -0.25) is 4.79 Å². The Morgan fingerprint density at radius 2 is 1.64 bits per heavy atom. The van der Waals surface area contributed by atoms with Gasteiger partial charge in [-0.15, -0.1) is 11.8 Å².